The first-order valence-corrected chi connectivity index (χ1v) is 9.52. The van der Waals surface area contributed by atoms with Crippen LogP contribution in [0.4, 0.5) is 18.9 Å². The van der Waals surface area contributed by atoms with Crippen LogP contribution in [0.15, 0.2) is 23.1 Å². The highest BCUT2D eigenvalue weighted by atomic mass is 32.2. The molecule has 0 unspecified atom stereocenters. The lowest BCUT2D eigenvalue weighted by Crippen LogP contribution is -2.49. The molecule has 3 N–H and O–H groups in total. The van der Waals surface area contributed by atoms with Crippen molar-refractivity contribution < 1.29 is 26.4 Å². The second-order valence-corrected chi connectivity index (χ2v) is 8.56. The Balaban J connectivity index is 2.11. The number of hydrogen-bond acceptors (Lipinski definition) is 4. The third-order valence-electron chi connectivity index (χ3n) is 4.86. The first-order valence-electron chi connectivity index (χ1n) is 7.98. The summed E-state index contributed by atoms with van der Waals surface area (Å²) in [6.07, 6.45) is -4.39. The van der Waals surface area contributed by atoms with Gasteiger partial charge in [-0.15, -0.1) is 0 Å². The standard InChI is InChI=1S/C16H22F3N3O3S/c1-10-4-5-11(8-12(10)26(20,24)25)21-14(23)9-22-7-6-13(15(22,2)3)16(17,18)19/h4-5,8,13H,6-7,9H2,1-3H3,(H,21,23)(H2,20,24,25)/t13-/m1/s1. The Morgan fingerprint density at radius 2 is 2.00 bits per heavy atom. The van der Waals surface area contributed by atoms with E-state index in [9.17, 15) is 26.4 Å². The van der Waals surface area contributed by atoms with Gasteiger partial charge in [0.2, 0.25) is 15.9 Å². The maximum Gasteiger partial charge on any atom is 0.393 e. The molecule has 1 aromatic rings. The van der Waals surface area contributed by atoms with Crippen LogP contribution in [0, 0.1) is 12.8 Å². The predicted molar refractivity (Wildman–Crippen MR) is 91.0 cm³/mol. The van der Waals surface area contributed by atoms with Crippen molar-refractivity contribution in [3.8, 4) is 0 Å². The topological polar surface area (TPSA) is 92.5 Å². The number of carbonyl (C=O) groups excluding carboxylic acids is 1. The summed E-state index contributed by atoms with van der Waals surface area (Å²) < 4.78 is 62.4. The Bertz CT molecular complexity index is 807. The number of halogens is 3. The quantitative estimate of drug-likeness (QED) is 0.821. The van der Waals surface area contributed by atoms with Crippen LogP contribution in [0.3, 0.4) is 0 Å². The van der Waals surface area contributed by atoms with Crippen LogP contribution in [0.5, 0.6) is 0 Å². The number of alkyl halides is 3. The first-order chi connectivity index (χ1) is 11.7. The number of sulfonamides is 1. The Morgan fingerprint density at radius 1 is 1.38 bits per heavy atom. The molecule has 146 valence electrons. The van der Waals surface area contributed by atoms with E-state index in [2.05, 4.69) is 5.32 Å². The second kappa shape index (κ2) is 6.82. The number of nitrogens with zero attached hydrogens (tertiary/aromatic N) is 1. The first kappa shape index (κ1) is 20.7. The van der Waals surface area contributed by atoms with Gasteiger partial charge in [-0.25, -0.2) is 13.6 Å². The van der Waals surface area contributed by atoms with Crippen molar-refractivity contribution in [2.24, 2.45) is 11.1 Å². The molecule has 6 nitrogen and oxygen atoms in total. The van der Waals surface area contributed by atoms with E-state index >= 15 is 0 Å². The number of benzene rings is 1. The van der Waals surface area contributed by atoms with Gasteiger partial charge in [-0.3, -0.25) is 9.69 Å². The fourth-order valence-electron chi connectivity index (χ4n) is 3.35. The smallest absolute Gasteiger partial charge is 0.325 e. The van der Waals surface area contributed by atoms with Crippen molar-refractivity contribution in [3.63, 3.8) is 0 Å². The summed E-state index contributed by atoms with van der Waals surface area (Å²) >= 11 is 0. The fourth-order valence-corrected chi connectivity index (χ4v) is 4.16. The maximum atomic E-state index is 13.1. The Morgan fingerprint density at radius 3 is 2.50 bits per heavy atom. The van der Waals surface area contributed by atoms with Crippen molar-refractivity contribution in [2.45, 2.75) is 43.8 Å². The molecule has 1 atom stereocenters. The highest BCUT2D eigenvalue weighted by Crippen LogP contribution is 2.44. The molecule has 2 rings (SSSR count). The zero-order valence-corrected chi connectivity index (χ0v) is 15.5. The third kappa shape index (κ3) is 4.36. The molecule has 1 aliphatic rings. The van der Waals surface area contributed by atoms with Crippen molar-refractivity contribution in [2.75, 3.05) is 18.4 Å². The zero-order chi connectivity index (χ0) is 19.9. The average Bonchev–Trinajstić information content (AvgIpc) is 2.74. The molecular formula is C16H22F3N3O3S. The molecule has 0 aromatic heterocycles. The van der Waals surface area contributed by atoms with Gasteiger partial charge in [0.25, 0.3) is 0 Å². The van der Waals surface area contributed by atoms with E-state index in [0.717, 1.165) is 0 Å². The van der Waals surface area contributed by atoms with Gasteiger partial charge in [0.05, 0.1) is 17.4 Å². The fraction of sp³-hybridized carbons (Fsp3) is 0.562. The Hall–Kier alpha value is -1.65. The minimum atomic E-state index is -4.32. The van der Waals surface area contributed by atoms with E-state index in [1.54, 1.807) is 6.92 Å². The lowest BCUT2D eigenvalue weighted by Gasteiger charge is -2.36. The molecule has 10 heteroatoms. The van der Waals surface area contributed by atoms with Gasteiger partial charge in [-0.05, 0) is 51.4 Å². The number of likely N-dealkylation sites (tertiary alicyclic amines) is 1. The second-order valence-electron chi connectivity index (χ2n) is 7.03. The summed E-state index contributed by atoms with van der Waals surface area (Å²) in [5, 5.41) is 7.64. The van der Waals surface area contributed by atoms with Crippen LogP contribution in [0.25, 0.3) is 0 Å². The molecule has 26 heavy (non-hydrogen) atoms. The van der Waals surface area contributed by atoms with Gasteiger partial charge in [0, 0.05) is 11.2 Å². The third-order valence-corrected chi connectivity index (χ3v) is 5.92. The number of hydrogen-bond donors (Lipinski definition) is 2. The van der Waals surface area contributed by atoms with Crippen molar-refractivity contribution in [1.29, 1.82) is 0 Å². The Kier molecular flexibility index (Phi) is 5.42. The minimum absolute atomic E-state index is 0.0656. The summed E-state index contributed by atoms with van der Waals surface area (Å²) in [5.41, 5.74) is -0.553. The van der Waals surface area contributed by atoms with E-state index in [0.29, 0.717) is 5.56 Å². The molecule has 1 amide bonds. The zero-order valence-electron chi connectivity index (χ0n) is 14.7. The molecule has 0 saturated carbocycles. The highest BCUT2D eigenvalue weighted by Gasteiger charge is 2.54. The van der Waals surface area contributed by atoms with Crippen molar-refractivity contribution >= 4 is 21.6 Å². The van der Waals surface area contributed by atoms with E-state index in [4.69, 9.17) is 5.14 Å². The molecule has 0 aliphatic carbocycles. The predicted octanol–water partition coefficient (Wildman–Crippen LogP) is 2.24. The summed E-state index contributed by atoms with van der Waals surface area (Å²) in [6.45, 7) is 4.43. The van der Waals surface area contributed by atoms with E-state index in [-0.39, 0.29) is 30.1 Å². The summed E-state index contributed by atoms with van der Waals surface area (Å²) in [5.74, 6) is -2.03. The van der Waals surface area contributed by atoms with Crippen molar-refractivity contribution in [3.05, 3.63) is 23.8 Å². The molecule has 1 saturated heterocycles. The van der Waals surface area contributed by atoms with Gasteiger partial charge in [0.1, 0.15) is 0 Å². The van der Waals surface area contributed by atoms with Crippen LogP contribution in [0.2, 0.25) is 0 Å². The summed E-state index contributed by atoms with van der Waals surface area (Å²) in [7, 11) is -3.94. The van der Waals surface area contributed by atoms with Gasteiger partial charge < -0.3 is 5.32 Å². The summed E-state index contributed by atoms with van der Waals surface area (Å²) in [4.78, 5) is 13.6. The van der Waals surface area contributed by atoms with Crippen LogP contribution in [-0.2, 0) is 14.8 Å². The number of nitrogens with one attached hydrogen (secondary N) is 1. The van der Waals surface area contributed by atoms with Gasteiger partial charge in [-0.2, -0.15) is 13.2 Å². The minimum Gasteiger partial charge on any atom is -0.325 e. The van der Waals surface area contributed by atoms with Gasteiger partial charge in [0.15, 0.2) is 0 Å². The molecule has 0 radical (unpaired) electrons. The number of aryl methyl sites for hydroxylation is 1. The van der Waals surface area contributed by atoms with Crippen LogP contribution >= 0.6 is 0 Å². The van der Waals surface area contributed by atoms with Gasteiger partial charge in [-0.1, -0.05) is 6.07 Å². The number of primary sulfonamides is 1. The van der Waals surface area contributed by atoms with E-state index in [1.165, 1.54) is 36.9 Å². The lowest BCUT2D eigenvalue weighted by atomic mass is 9.88. The van der Waals surface area contributed by atoms with Crippen LogP contribution < -0.4 is 10.5 Å². The number of rotatable bonds is 4. The normalized spacial score (nSPS) is 21.0. The van der Waals surface area contributed by atoms with Crippen LogP contribution in [-0.4, -0.2) is 44.0 Å². The molecule has 1 fully saturated rings. The number of nitrogens with two attached hydrogens (primary N) is 1. The van der Waals surface area contributed by atoms with E-state index in [1.807, 2.05) is 0 Å². The van der Waals surface area contributed by atoms with E-state index < -0.39 is 33.6 Å². The SMILES string of the molecule is Cc1ccc(NC(=O)CN2CC[C@@H](C(F)(F)F)C2(C)C)cc1S(N)(=O)=O. The van der Waals surface area contributed by atoms with Crippen molar-refractivity contribution in [1.82, 2.24) is 4.90 Å². The summed E-state index contributed by atoms with van der Waals surface area (Å²) in [6, 6.07) is 4.24. The average molecular weight is 393 g/mol. The molecule has 1 aromatic carbocycles. The molecule has 0 spiro atoms. The number of anilines is 1. The number of carbonyl (C=O) groups is 1. The maximum absolute atomic E-state index is 13.1. The monoisotopic (exact) mass is 393 g/mol. The lowest BCUT2D eigenvalue weighted by molar-refractivity contribution is -0.191. The Labute approximate surface area is 150 Å². The molecule has 1 aliphatic heterocycles. The molecular weight excluding hydrogens is 371 g/mol. The number of amides is 1. The van der Waals surface area contributed by atoms with Crippen LogP contribution in [0.1, 0.15) is 25.8 Å². The van der Waals surface area contributed by atoms with Gasteiger partial charge >= 0.3 is 6.18 Å². The highest BCUT2D eigenvalue weighted by molar-refractivity contribution is 7.89. The molecule has 0 bridgehead atoms. The molecule has 1 heterocycles. The largest absolute Gasteiger partial charge is 0.393 e.